The zero-order valence-corrected chi connectivity index (χ0v) is 12.8. The molecule has 0 fully saturated rings. The summed E-state index contributed by atoms with van der Waals surface area (Å²) in [6, 6.07) is 7.40. The normalized spacial score (nSPS) is 10.6. The molecule has 0 unspecified atom stereocenters. The maximum absolute atomic E-state index is 12.2. The first kappa shape index (κ1) is 15.3. The van der Waals surface area contributed by atoms with Crippen molar-refractivity contribution >= 4 is 23.2 Å². The Morgan fingerprint density at radius 3 is 2.67 bits per heavy atom. The molecule has 2 rings (SSSR count). The van der Waals surface area contributed by atoms with E-state index in [1.54, 1.807) is 18.0 Å². The van der Waals surface area contributed by atoms with Crippen molar-refractivity contribution in [1.82, 2.24) is 4.90 Å². The highest BCUT2D eigenvalue weighted by Crippen LogP contribution is 2.30. The van der Waals surface area contributed by atoms with Gasteiger partial charge in [0.15, 0.2) is 0 Å². The monoisotopic (exact) mass is 307 g/mol. The summed E-state index contributed by atoms with van der Waals surface area (Å²) in [6.07, 6.45) is 0.520. The predicted octanol–water partition coefficient (Wildman–Crippen LogP) is 3.25. The lowest BCUT2D eigenvalue weighted by Gasteiger charge is -2.15. The number of thiophene rings is 1. The molecule has 0 aromatic carbocycles. The van der Waals surface area contributed by atoms with E-state index in [2.05, 4.69) is 0 Å². The molecule has 1 N–H and O–H groups in total. The smallest absolute Gasteiger partial charge is 0.303 e. The van der Waals surface area contributed by atoms with Gasteiger partial charge in [-0.25, -0.2) is 0 Å². The van der Waals surface area contributed by atoms with Crippen LogP contribution in [0.15, 0.2) is 28.7 Å². The van der Waals surface area contributed by atoms with E-state index < -0.39 is 5.97 Å². The Kier molecular flexibility index (Phi) is 4.80. The second-order valence-corrected chi connectivity index (χ2v) is 5.88. The summed E-state index contributed by atoms with van der Waals surface area (Å²) in [6.45, 7) is 2.30. The van der Waals surface area contributed by atoms with E-state index in [4.69, 9.17) is 9.52 Å². The molecule has 21 heavy (non-hydrogen) atoms. The van der Waals surface area contributed by atoms with E-state index in [9.17, 15) is 9.59 Å². The molecule has 5 nitrogen and oxygen atoms in total. The predicted molar refractivity (Wildman–Crippen MR) is 80.6 cm³/mol. The van der Waals surface area contributed by atoms with E-state index in [0.717, 1.165) is 16.4 Å². The second kappa shape index (κ2) is 6.58. The molecule has 0 bridgehead atoms. The summed E-state index contributed by atoms with van der Waals surface area (Å²) >= 11 is 1.37. The number of hydrogen-bond acceptors (Lipinski definition) is 4. The van der Waals surface area contributed by atoms with Crippen LogP contribution in [0.4, 0.5) is 0 Å². The average Bonchev–Trinajstić information content (AvgIpc) is 3.05. The molecule has 2 heterocycles. The molecular weight excluding hydrogens is 290 g/mol. The zero-order chi connectivity index (χ0) is 15.4. The van der Waals surface area contributed by atoms with Crippen LogP contribution in [0.25, 0.3) is 10.6 Å². The topological polar surface area (TPSA) is 70.8 Å². The third kappa shape index (κ3) is 3.95. The van der Waals surface area contributed by atoms with Gasteiger partial charge in [0.1, 0.15) is 11.5 Å². The van der Waals surface area contributed by atoms with E-state index in [1.165, 1.54) is 11.3 Å². The lowest BCUT2D eigenvalue weighted by Crippen LogP contribution is -2.27. The van der Waals surface area contributed by atoms with Crippen LogP contribution >= 0.6 is 11.3 Å². The van der Waals surface area contributed by atoms with Crippen molar-refractivity contribution in [2.24, 2.45) is 0 Å². The number of rotatable bonds is 6. The number of nitrogens with zero attached hydrogens (tertiary/aromatic N) is 1. The fourth-order valence-electron chi connectivity index (χ4n) is 1.91. The van der Waals surface area contributed by atoms with Crippen molar-refractivity contribution in [3.63, 3.8) is 0 Å². The van der Waals surface area contributed by atoms with Crippen molar-refractivity contribution in [1.29, 1.82) is 0 Å². The van der Waals surface area contributed by atoms with Gasteiger partial charge in [-0.05, 0) is 37.6 Å². The summed E-state index contributed by atoms with van der Waals surface area (Å²) < 4.78 is 5.53. The molecule has 2 aromatic rings. The molecule has 112 valence electrons. The molecule has 0 atom stereocenters. The van der Waals surface area contributed by atoms with Crippen molar-refractivity contribution in [2.45, 2.75) is 19.8 Å². The van der Waals surface area contributed by atoms with Crippen LogP contribution in [0.1, 0.15) is 28.3 Å². The minimum atomic E-state index is -0.845. The summed E-state index contributed by atoms with van der Waals surface area (Å²) in [4.78, 5) is 25.8. The van der Waals surface area contributed by atoms with E-state index in [0.29, 0.717) is 17.8 Å². The Morgan fingerprint density at radius 1 is 1.29 bits per heavy atom. The van der Waals surface area contributed by atoms with Crippen molar-refractivity contribution < 1.29 is 19.1 Å². The van der Waals surface area contributed by atoms with Gasteiger partial charge in [0, 0.05) is 20.0 Å². The maximum atomic E-state index is 12.2. The first-order chi connectivity index (χ1) is 9.97. The second-order valence-electron chi connectivity index (χ2n) is 4.80. The summed E-state index contributed by atoms with van der Waals surface area (Å²) in [5.41, 5.74) is 0. The number of furan rings is 1. The largest absolute Gasteiger partial charge is 0.481 e. The Morgan fingerprint density at radius 2 is 2.05 bits per heavy atom. The number of carboxylic acids is 1. The van der Waals surface area contributed by atoms with Gasteiger partial charge in [-0.15, -0.1) is 11.3 Å². The quantitative estimate of drug-likeness (QED) is 0.889. The third-order valence-electron chi connectivity index (χ3n) is 3.03. The van der Waals surface area contributed by atoms with Gasteiger partial charge in [-0.3, -0.25) is 9.59 Å². The number of amides is 1. The molecule has 0 aliphatic carbocycles. The fourth-order valence-corrected chi connectivity index (χ4v) is 2.87. The molecule has 0 aliphatic rings. The standard InChI is InChI=1S/C15H17NO4S/c1-10-5-6-11(20-10)12-7-8-13(21-12)15(19)16(2)9-3-4-14(17)18/h5-8H,3-4,9H2,1-2H3,(H,17,18). The molecule has 0 saturated heterocycles. The van der Waals surface area contributed by atoms with Crippen LogP contribution in [0.5, 0.6) is 0 Å². The third-order valence-corrected chi connectivity index (χ3v) is 4.12. The highest BCUT2D eigenvalue weighted by atomic mass is 32.1. The summed E-state index contributed by atoms with van der Waals surface area (Å²) in [5, 5.41) is 8.60. The number of aliphatic carboxylic acids is 1. The Bertz CT molecular complexity index is 644. The Hall–Kier alpha value is -2.08. The number of carbonyl (C=O) groups excluding carboxylic acids is 1. The van der Waals surface area contributed by atoms with Gasteiger partial charge >= 0.3 is 5.97 Å². The Labute approximate surface area is 126 Å². The van der Waals surface area contributed by atoms with Gasteiger partial charge in [0.2, 0.25) is 0 Å². The first-order valence-corrected chi connectivity index (χ1v) is 7.43. The van der Waals surface area contributed by atoms with Gasteiger partial charge in [-0.2, -0.15) is 0 Å². The van der Waals surface area contributed by atoms with Crippen molar-refractivity contribution in [3.8, 4) is 10.6 Å². The highest BCUT2D eigenvalue weighted by molar-refractivity contribution is 7.17. The minimum absolute atomic E-state index is 0.0684. The van der Waals surface area contributed by atoms with Gasteiger partial charge in [0.05, 0.1) is 9.75 Å². The van der Waals surface area contributed by atoms with Gasteiger partial charge < -0.3 is 14.4 Å². The van der Waals surface area contributed by atoms with Gasteiger partial charge in [0.25, 0.3) is 5.91 Å². The maximum Gasteiger partial charge on any atom is 0.303 e. The van der Waals surface area contributed by atoms with E-state index in [1.807, 2.05) is 25.1 Å². The van der Waals surface area contributed by atoms with Crippen LogP contribution in [0.2, 0.25) is 0 Å². The zero-order valence-electron chi connectivity index (χ0n) is 12.0. The van der Waals surface area contributed by atoms with Crippen molar-refractivity contribution in [3.05, 3.63) is 34.9 Å². The summed E-state index contributed by atoms with van der Waals surface area (Å²) in [7, 11) is 1.68. The molecular formula is C15H17NO4S. The molecule has 0 spiro atoms. The van der Waals surface area contributed by atoms with Crippen LogP contribution in [-0.4, -0.2) is 35.5 Å². The number of carbonyl (C=O) groups is 2. The number of hydrogen-bond donors (Lipinski definition) is 1. The van der Waals surface area contributed by atoms with Crippen LogP contribution in [0.3, 0.4) is 0 Å². The highest BCUT2D eigenvalue weighted by Gasteiger charge is 2.16. The average molecular weight is 307 g/mol. The summed E-state index contributed by atoms with van der Waals surface area (Å²) in [5.74, 6) is 0.643. The number of aryl methyl sites for hydroxylation is 1. The van der Waals surface area contributed by atoms with Crippen LogP contribution in [0, 0.1) is 6.92 Å². The molecule has 6 heteroatoms. The fraction of sp³-hybridized carbons (Fsp3) is 0.333. The lowest BCUT2D eigenvalue weighted by molar-refractivity contribution is -0.137. The Balaban J connectivity index is 2.00. The molecule has 2 aromatic heterocycles. The minimum Gasteiger partial charge on any atom is -0.481 e. The van der Waals surface area contributed by atoms with E-state index in [-0.39, 0.29) is 12.3 Å². The molecule has 0 radical (unpaired) electrons. The van der Waals surface area contributed by atoms with Gasteiger partial charge in [-0.1, -0.05) is 0 Å². The molecule has 0 aliphatic heterocycles. The SMILES string of the molecule is Cc1ccc(-c2ccc(C(=O)N(C)CCCC(=O)O)s2)o1. The number of carboxylic acid groups (broad SMARTS) is 1. The van der Waals surface area contributed by atoms with Crippen molar-refractivity contribution in [2.75, 3.05) is 13.6 Å². The van der Waals surface area contributed by atoms with Crippen LogP contribution in [-0.2, 0) is 4.79 Å². The molecule has 1 amide bonds. The van der Waals surface area contributed by atoms with E-state index >= 15 is 0 Å². The molecule has 0 saturated carbocycles. The first-order valence-electron chi connectivity index (χ1n) is 6.61. The lowest BCUT2D eigenvalue weighted by atomic mass is 10.3. The van der Waals surface area contributed by atoms with Crippen LogP contribution < -0.4 is 0 Å².